The summed E-state index contributed by atoms with van der Waals surface area (Å²) in [6.45, 7) is 0. The highest BCUT2D eigenvalue weighted by Gasteiger charge is 2.28. The van der Waals surface area contributed by atoms with E-state index in [1.54, 1.807) is 12.1 Å². The Bertz CT molecular complexity index is 466. The predicted octanol–water partition coefficient (Wildman–Crippen LogP) is 1.76. The molecule has 0 saturated heterocycles. The van der Waals surface area contributed by atoms with Crippen molar-refractivity contribution >= 4 is 36.1 Å². The first-order chi connectivity index (χ1) is 7.24. The number of ketones is 1. The van der Waals surface area contributed by atoms with Crippen molar-refractivity contribution in [3.63, 3.8) is 0 Å². The number of fused-ring (bicyclic) bond motifs is 1. The number of carbonyl (C=O) groups is 2. The van der Waals surface area contributed by atoms with Gasteiger partial charge in [0.05, 0.1) is 11.3 Å². The van der Waals surface area contributed by atoms with Gasteiger partial charge in [-0.25, -0.2) is 0 Å². The number of hydrogen-bond acceptors (Lipinski definition) is 3. The summed E-state index contributed by atoms with van der Waals surface area (Å²) < 4.78 is 0. The molecule has 1 heterocycles. The van der Waals surface area contributed by atoms with Gasteiger partial charge in [-0.05, 0) is 11.6 Å². The van der Waals surface area contributed by atoms with Crippen LogP contribution in [0.1, 0.15) is 15.9 Å². The molecule has 0 aliphatic carbocycles. The zero-order valence-corrected chi connectivity index (χ0v) is 8.75. The SMILES string of the molecule is O=C1Nc2c(C=CCS)cccc2C1=O. The van der Waals surface area contributed by atoms with Crippen LogP contribution in [0.3, 0.4) is 0 Å². The molecule has 0 unspecified atom stereocenters. The average molecular weight is 219 g/mol. The average Bonchev–Trinajstić information content (AvgIpc) is 2.53. The van der Waals surface area contributed by atoms with Gasteiger partial charge in [0, 0.05) is 5.75 Å². The lowest BCUT2D eigenvalue weighted by molar-refractivity contribution is -0.112. The van der Waals surface area contributed by atoms with Crippen LogP contribution in [0, 0.1) is 0 Å². The largest absolute Gasteiger partial charge is 0.318 e. The van der Waals surface area contributed by atoms with Crippen molar-refractivity contribution in [1.29, 1.82) is 0 Å². The molecular formula is C11H9NO2S. The van der Waals surface area contributed by atoms with E-state index in [9.17, 15) is 9.59 Å². The second kappa shape index (κ2) is 3.90. The minimum Gasteiger partial charge on any atom is -0.318 e. The van der Waals surface area contributed by atoms with Crippen molar-refractivity contribution in [2.24, 2.45) is 0 Å². The zero-order chi connectivity index (χ0) is 10.8. The molecule has 0 spiro atoms. The second-order valence-electron chi connectivity index (χ2n) is 3.14. The second-order valence-corrected chi connectivity index (χ2v) is 3.50. The van der Waals surface area contributed by atoms with E-state index in [1.165, 1.54) is 0 Å². The number of para-hydroxylation sites is 1. The number of Topliss-reactive ketones (excluding diaryl/α,β-unsaturated/α-hetero) is 1. The van der Waals surface area contributed by atoms with E-state index in [0.29, 0.717) is 17.0 Å². The minimum atomic E-state index is -0.559. The van der Waals surface area contributed by atoms with Crippen LogP contribution in [0.2, 0.25) is 0 Å². The number of thiol groups is 1. The first-order valence-electron chi connectivity index (χ1n) is 4.50. The molecule has 15 heavy (non-hydrogen) atoms. The lowest BCUT2D eigenvalue weighted by Crippen LogP contribution is -2.12. The van der Waals surface area contributed by atoms with Gasteiger partial charge in [0.25, 0.3) is 11.7 Å². The molecule has 3 nitrogen and oxygen atoms in total. The fraction of sp³-hybridized carbons (Fsp3) is 0.0909. The van der Waals surface area contributed by atoms with Crippen molar-refractivity contribution in [2.45, 2.75) is 0 Å². The van der Waals surface area contributed by atoms with Gasteiger partial charge in [0.1, 0.15) is 0 Å². The van der Waals surface area contributed by atoms with Gasteiger partial charge in [-0.1, -0.05) is 24.3 Å². The smallest absolute Gasteiger partial charge is 0.296 e. The van der Waals surface area contributed by atoms with Crippen LogP contribution in [-0.2, 0) is 4.79 Å². The molecule has 1 aromatic rings. The van der Waals surface area contributed by atoms with E-state index >= 15 is 0 Å². The van der Waals surface area contributed by atoms with Crippen molar-refractivity contribution in [1.82, 2.24) is 0 Å². The molecule has 2 rings (SSSR count). The Morgan fingerprint density at radius 1 is 1.33 bits per heavy atom. The summed E-state index contributed by atoms with van der Waals surface area (Å²) >= 11 is 4.05. The third kappa shape index (κ3) is 1.68. The number of hydrogen-bond donors (Lipinski definition) is 2. The number of rotatable bonds is 2. The van der Waals surface area contributed by atoms with E-state index in [0.717, 1.165) is 5.56 Å². The summed E-state index contributed by atoms with van der Waals surface area (Å²) in [5, 5.41) is 2.56. The van der Waals surface area contributed by atoms with Crippen LogP contribution < -0.4 is 5.32 Å². The van der Waals surface area contributed by atoms with Gasteiger partial charge in [-0.3, -0.25) is 9.59 Å². The third-order valence-electron chi connectivity index (χ3n) is 2.19. The number of carbonyl (C=O) groups excluding carboxylic acids is 2. The molecule has 0 bridgehead atoms. The predicted molar refractivity (Wildman–Crippen MR) is 62.3 cm³/mol. The first kappa shape index (κ1) is 9.98. The Kier molecular flexibility index (Phi) is 2.60. The number of benzene rings is 1. The molecule has 76 valence electrons. The van der Waals surface area contributed by atoms with E-state index < -0.39 is 11.7 Å². The monoisotopic (exact) mass is 219 g/mol. The topological polar surface area (TPSA) is 46.2 Å². The summed E-state index contributed by atoms with van der Waals surface area (Å²) in [5.41, 5.74) is 1.88. The number of anilines is 1. The highest BCUT2D eigenvalue weighted by Crippen LogP contribution is 2.27. The molecule has 1 aliphatic rings. The lowest BCUT2D eigenvalue weighted by Gasteiger charge is -2.01. The fourth-order valence-corrected chi connectivity index (χ4v) is 1.62. The van der Waals surface area contributed by atoms with Crippen LogP contribution in [0.25, 0.3) is 6.08 Å². The summed E-state index contributed by atoms with van der Waals surface area (Å²) in [4.78, 5) is 22.5. The van der Waals surface area contributed by atoms with Crippen LogP contribution >= 0.6 is 12.6 Å². The Hall–Kier alpha value is -1.55. The maximum Gasteiger partial charge on any atom is 0.296 e. The van der Waals surface area contributed by atoms with E-state index in [4.69, 9.17) is 0 Å². The third-order valence-corrected chi connectivity index (χ3v) is 2.40. The normalized spacial score (nSPS) is 14.5. The van der Waals surface area contributed by atoms with E-state index in [-0.39, 0.29) is 0 Å². The molecule has 0 saturated carbocycles. The quantitative estimate of drug-likeness (QED) is 0.588. The highest BCUT2D eigenvalue weighted by molar-refractivity contribution is 7.80. The van der Waals surface area contributed by atoms with Crippen LogP contribution in [0.4, 0.5) is 5.69 Å². The van der Waals surface area contributed by atoms with Crippen molar-refractivity contribution in [3.8, 4) is 0 Å². The van der Waals surface area contributed by atoms with E-state index in [2.05, 4.69) is 17.9 Å². The molecule has 0 atom stereocenters. The molecule has 1 aliphatic heterocycles. The summed E-state index contributed by atoms with van der Waals surface area (Å²) in [5.74, 6) is -0.409. The Morgan fingerprint density at radius 3 is 2.87 bits per heavy atom. The van der Waals surface area contributed by atoms with Crippen LogP contribution in [0.5, 0.6) is 0 Å². The number of nitrogens with one attached hydrogen (secondary N) is 1. The highest BCUT2D eigenvalue weighted by atomic mass is 32.1. The standard InChI is InChI=1S/C11H9NO2S/c13-10-8-5-1-3-7(4-2-6-15)9(8)12-11(10)14/h1-5,15H,6H2,(H,12,13,14). The van der Waals surface area contributed by atoms with Gasteiger partial charge in [-0.15, -0.1) is 0 Å². The Balaban J connectivity index is 2.49. The minimum absolute atomic E-state index is 0.446. The van der Waals surface area contributed by atoms with Gasteiger partial charge in [0.2, 0.25) is 0 Å². The van der Waals surface area contributed by atoms with Gasteiger partial charge >= 0.3 is 0 Å². The zero-order valence-electron chi connectivity index (χ0n) is 7.86. The van der Waals surface area contributed by atoms with Crippen molar-refractivity contribution in [2.75, 3.05) is 11.1 Å². The molecule has 1 aromatic carbocycles. The van der Waals surface area contributed by atoms with E-state index in [1.807, 2.05) is 18.2 Å². The van der Waals surface area contributed by atoms with Crippen LogP contribution in [-0.4, -0.2) is 17.4 Å². The lowest BCUT2D eigenvalue weighted by atomic mass is 10.1. The van der Waals surface area contributed by atoms with Gasteiger partial charge < -0.3 is 5.32 Å². The van der Waals surface area contributed by atoms with Crippen molar-refractivity contribution < 1.29 is 9.59 Å². The molecule has 0 fully saturated rings. The number of amides is 1. The summed E-state index contributed by atoms with van der Waals surface area (Å²) in [7, 11) is 0. The Labute approximate surface area is 92.6 Å². The van der Waals surface area contributed by atoms with Crippen LogP contribution in [0.15, 0.2) is 24.3 Å². The summed E-state index contributed by atoms with van der Waals surface area (Å²) in [6, 6.07) is 5.25. The molecule has 1 amide bonds. The maximum atomic E-state index is 11.4. The molecule has 0 radical (unpaired) electrons. The first-order valence-corrected chi connectivity index (χ1v) is 5.13. The maximum absolute atomic E-state index is 11.4. The molecule has 0 aromatic heterocycles. The summed E-state index contributed by atoms with van der Waals surface area (Å²) in [6.07, 6.45) is 3.69. The van der Waals surface area contributed by atoms with Crippen molar-refractivity contribution in [3.05, 3.63) is 35.4 Å². The molecule has 4 heteroatoms. The fourth-order valence-electron chi connectivity index (χ4n) is 1.51. The van der Waals surface area contributed by atoms with Gasteiger partial charge in [0.15, 0.2) is 0 Å². The van der Waals surface area contributed by atoms with Gasteiger partial charge in [-0.2, -0.15) is 12.6 Å². The molecule has 1 N–H and O–H groups in total. The molecular weight excluding hydrogens is 210 g/mol. The Morgan fingerprint density at radius 2 is 2.13 bits per heavy atom.